The van der Waals surface area contributed by atoms with E-state index in [1.807, 2.05) is 36.4 Å². The van der Waals surface area contributed by atoms with Crippen LogP contribution < -0.4 is 25.1 Å². The van der Waals surface area contributed by atoms with Crippen molar-refractivity contribution in [1.82, 2.24) is 18.9 Å². The van der Waals surface area contributed by atoms with Crippen molar-refractivity contribution in [3.05, 3.63) is 216 Å². The molecular weight excluding hydrogens is 1040 g/mol. The fourth-order valence-corrected chi connectivity index (χ4v) is 15.6. The molecule has 0 atom stereocenters. The minimum absolute atomic E-state index is 0. The van der Waals surface area contributed by atoms with Gasteiger partial charge in [-0.2, -0.15) is 0 Å². The van der Waals surface area contributed by atoms with E-state index in [9.17, 15) is 0 Å². The summed E-state index contributed by atoms with van der Waals surface area (Å²) in [4.78, 5) is 9.01. The summed E-state index contributed by atoms with van der Waals surface area (Å²) in [6.07, 6.45) is 13.6. The summed E-state index contributed by atoms with van der Waals surface area (Å²) in [6.45, 7) is 18.6. The van der Waals surface area contributed by atoms with Gasteiger partial charge in [0.2, 0.25) is 0 Å². The number of imidazole rings is 3. The van der Waals surface area contributed by atoms with Crippen molar-refractivity contribution in [3.8, 4) is 11.4 Å². The molecule has 0 fully saturated rings. The second-order valence-corrected chi connectivity index (χ2v) is 23.4. The predicted octanol–water partition coefficient (Wildman–Crippen LogP) is 13.1. The fraction of sp³-hybridized carbons (Fsp3) is 0.226. The van der Waals surface area contributed by atoms with Crippen LogP contribution in [0.5, 0.6) is 0 Å². The van der Waals surface area contributed by atoms with Crippen molar-refractivity contribution >= 4 is 62.5 Å². The maximum absolute atomic E-state index is 4.50. The molecule has 0 amide bonds. The van der Waals surface area contributed by atoms with Gasteiger partial charge >= 0.3 is 0 Å². The van der Waals surface area contributed by atoms with Crippen molar-refractivity contribution in [1.29, 1.82) is 0 Å². The van der Waals surface area contributed by atoms with E-state index in [1.54, 1.807) is 0 Å². The van der Waals surface area contributed by atoms with E-state index in [4.69, 9.17) is 0 Å². The standard InChI is InChI=1S/C49H54N2Si.C13H8N3.Au/c1-34(2)42-26-18-27-43(35(3)4)48(42)50-33-51(49-44(36(5)6)28-19-29-45(49)37(7)8)47-32-41(30-31-46(47)50)52(38-20-12-9-13-21-38,39-22-14-10-15-23-39)40-24-16-11-17-25-40;1-3-7-11-9(5-1)14-13-15-10-6-2-4-8-12(10)16(11)13;/h9-10,12-16,18-32,34-37H,11,17H2,1-8H3;1-8H;/q;-1;. The molecule has 0 aliphatic heterocycles. The van der Waals surface area contributed by atoms with E-state index in [2.05, 4.69) is 231 Å². The normalized spacial score (nSPS) is 13.0. The molecule has 7 heteroatoms. The van der Waals surface area contributed by atoms with Gasteiger partial charge in [-0.25, -0.2) is 0 Å². The molecular formula is C62H62AuN5Si-. The third-order valence-electron chi connectivity index (χ3n) is 14.0. The summed E-state index contributed by atoms with van der Waals surface area (Å²) in [7, 11) is -2.72. The molecule has 0 N–H and O–H groups in total. The third kappa shape index (κ3) is 8.52. The van der Waals surface area contributed by atoms with E-state index in [-0.39, 0.29) is 22.4 Å². The van der Waals surface area contributed by atoms with E-state index >= 15 is 0 Å². The second-order valence-electron chi connectivity index (χ2n) is 19.6. The van der Waals surface area contributed by atoms with Gasteiger partial charge in [0, 0.05) is 50.2 Å². The first-order chi connectivity index (χ1) is 33.1. The van der Waals surface area contributed by atoms with Crippen molar-refractivity contribution < 1.29 is 26.9 Å². The maximum atomic E-state index is 4.50. The van der Waals surface area contributed by atoms with Gasteiger partial charge in [-0.3, -0.25) is 9.13 Å². The van der Waals surface area contributed by atoms with Crippen LogP contribution in [0.25, 0.3) is 50.3 Å². The molecule has 0 saturated heterocycles. The average molecular weight is 1100 g/mol. The van der Waals surface area contributed by atoms with Crippen LogP contribution in [0.4, 0.5) is 0 Å². The maximum Gasteiger partial charge on any atom is 0.269 e. The molecule has 5 nitrogen and oxygen atoms in total. The third-order valence-corrected chi connectivity index (χ3v) is 18.8. The van der Waals surface area contributed by atoms with Crippen LogP contribution in [0, 0.1) is 6.33 Å². The van der Waals surface area contributed by atoms with Crippen LogP contribution in [-0.4, -0.2) is 22.0 Å². The number of hydrogen-bond donors (Lipinski definition) is 0. The van der Waals surface area contributed by atoms with Gasteiger partial charge in [-0.15, -0.1) is 0 Å². The van der Waals surface area contributed by atoms with Crippen molar-refractivity contribution in [2.45, 2.75) is 91.9 Å². The van der Waals surface area contributed by atoms with Crippen LogP contribution in [-0.2, 0) is 22.4 Å². The van der Waals surface area contributed by atoms with Crippen molar-refractivity contribution in [2.75, 3.05) is 0 Å². The Balaban J connectivity index is 0.000000290. The Labute approximate surface area is 424 Å². The van der Waals surface area contributed by atoms with Gasteiger partial charge in [0.15, 0.2) is 8.07 Å². The molecule has 0 bridgehead atoms. The van der Waals surface area contributed by atoms with Crippen LogP contribution in [0.3, 0.4) is 0 Å². The molecule has 1 radical (unpaired) electrons. The SMILES string of the molecule is CC(C)c1cccc(C(C)C)c1-n1[c-][n+](-c2c(C(C)C)cccc2C(C)C)c2ccc([Si](C3=CCCC=C3)(c3ccccc3)c3ccccc3)cc21.[Au].c1ccc2c(c1)nc1[n-]c3ccccc3n12. The fourth-order valence-electron chi connectivity index (χ4n) is 10.7. The Morgan fingerprint density at radius 2 is 1.10 bits per heavy atom. The Morgan fingerprint density at radius 1 is 0.551 bits per heavy atom. The van der Waals surface area contributed by atoms with Gasteiger partial charge in [0.25, 0.3) is 6.33 Å². The monoisotopic (exact) mass is 1100 g/mol. The average Bonchev–Trinajstić information content (AvgIpc) is 4.05. The topological polar surface area (TPSA) is 40.2 Å². The number of allylic oxidation sites excluding steroid dienone is 4. The molecule has 0 spiro atoms. The van der Waals surface area contributed by atoms with Crippen LogP contribution in [0.15, 0.2) is 187 Å². The summed E-state index contributed by atoms with van der Waals surface area (Å²) < 4.78 is 6.94. The van der Waals surface area contributed by atoms with Crippen LogP contribution in [0.1, 0.15) is 114 Å². The summed E-state index contributed by atoms with van der Waals surface area (Å²) in [6, 6.07) is 60.1. The second kappa shape index (κ2) is 20.0. The molecule has 0 unspecified atom stereocenters. The molecule has 1 aliphatic carbocycles. The van der Waals surface area contributed by atoms with Gasteiger partial charge in [-0.05, 0) is 79.5 Å². The Hall–Kier alpha value is -6.28. The number of fused-ring (bicyclic) bond motifs is 6. The molecule has 351 valence electrons. The molecule has 69 heavy (non-hydrogen) atoms. The minimum atomic E-state index is -2.72. The molecule has 1 aliphatic rings. The number of para-hydroxylation sites is 6. The zero-order chi connectivity index (χ0) is 47.1. The first kappa shape index (κ1) is 47.8. The molecule has 10 aromatic rings. The number of rotatable bonds is 10. The van der Waals surface area contributed by atoms with Crippen molar-refractivity contribution in [2.24, 2.45) is 0 Å². The molecule has 0 saturated carbocycles. The molecule has 3 heterocycles. The summed E-state index contributed by atoms with van der Waals surface area (Å²) in [5, 5.41) is 5.67. The number of hydrogen-bond acceptors (Lipinski definition) is 1. The number of nitrogens with zero attached hydrogens (tertiary/aromatic N) is 5. The van der Waals surface area contributed by atoms with Gasteiger partial charge in [0.1, 0.15) is 0 Å². The Bertz CT molecular complexity index is 3320. The minimum Gasteiger partial charge on any atom is -0.366 e. The van der Waals surface area contributed by atoms with Gasteiger partial charge < -0.3 is 14.4 Å². The Morgan fingerprint density at radius 3 is 1.68 bits per heavy atom. The number of benzene rings is 7. The largest absolute Gasteiger partial charge is 0.366 e. The van der Waals surface area contributed by atoms with Gasteiger partial charge in [0.05, 0.1) is 22.4 Å². The summed E-state index contributed by atoms with van der Waals surface area (Å²) >= 11 is 0. The zero-order valence-electron chi connectivity index (χ0n) is 41.1. The predicted molar refractivity (Wildman–Crippen MR) is 288 cm³/mol. The Kier molecular flexibility index (Phi) is 13.8. The van der Waals surface area contributed by atoms with E-state index < -0.39 is 8.07 Å². The van der Waals surface area contributed by atoms with E-state index in [1.165, 1.54) is 65.4 Å². The first-order valence-electron chi connectivity index (χ1n) is 24.6. The summed E-state index contributed by atoms with van der Waals surface area (Å²) in [5.74, 6) is 2.21. The summed E-state index contributed by atoms with van der Waals surface area (Å²) in [5.41, 5.74) is 14.6. The number of aromatic nitrogens is 5. The molecule has 7 aromatic carbocycles. The first-order valence-corrected chi connectivity index (χ1v) is 26.6. The smallest absolute Gasteiger partial charge is 0.269 e. The van der Waals surface area contributed by atoms with E-state index in [0.717, 1.165) is 40.7 Å². The molecule has 3 aromatic heterocycles. The van der Waals surface area contributed by atoms with Crippen molar-refractivity contribution in [3.63, 3.8) is 0 Å². The molecule has 11 rings (SSSR count). The van der Waals surface area contributed by atoms with E-state index in [0.29, 0.717) is 23.7 Å². The zero-order valence-corrected chi connectivity index (χ0v) is 44.2. The van der Waals surface area contributed by atoms with Gasteiger partial charge in [-0.1, -0.05) is 237 Å². The quantitative estimate of drug-likeness (QED) is 0.0593. The van der Waals surface area contributed by atoms with Crippen LogP contribution in [0.2, 0.25) is 0 Å². The van der Waals surface area contributed by atoms with Crippen LogP contribution >= 0.6 is 0 Å².